The van der Waals surface area contributed by atoms with Crippen LogP contribution in [-0.4, -0.2) is 13.1 Å². The molecule has 0 aromatic heterocycles. The van der Waals surface area contributed by atoms with E-state index < -0.39 is 0 Å². The second kappa shape index (κ2) is 6.33. The quantitative estimate of drug-likeness (QED) is 0.833. The number of likely N-dealkylation sites (N-methyl/N-ethyl adjacent to an activating group) is 1. The molecule has 1 aromatic rings. The highest BCUT2D eigenvalue weighted by Gasteiger charge is 2.23. The minimum Gasteiger partial charge on any atom is -0.317 e. The van der Waals surface area contributed by atoms with Crippen molar-refractivity contribution in [1.82, 2.24) is 5.32 Å². The molecule has 0 amide bonds. The van der Waals surface area contributed by atoms with Crippen molar-refractivity contribution in [1.29, 1.82) is 0 Å². The third-order valence-corrected chi connectivity index (χ3v) is 3.92. The number of benzene rings is 1. The highest BCUT2D eigenvalue weighted by molar-refractivity contribution is 5.17. The van der Waals surface area contributed by atoms with Crippen molar-refractivity contribution in [3.05, 3.63) is 35.6 Å². The van der Waals surface area contributed by atoms with Gasteiger partial charge in [-0.1, -0.05) is 39.8 Å². The summed E-state index contributed by atoms with van der Waals surface area (Å²) in [5, 5.41) is 3.37. The van der Waals surface area contributed by atoms with Crippen LogP contribution >= 0.6 is 0 Å². The zero-order valence-electron chi connectivity index (χ0n) is 12.3. The van der Waals surface area contributed by atoms with Crippen LogP contribution in [0.15, 0.2) is 24.3 Å². The van der Waals surface area contributed by atoms with E-state index in [1.54, 1.807) is 0 Å². The van der Waals surface area contributed by atoms with Crippen LogP contribution in [-0.2, 0) is 6.42 Å². The normalized spacial score (nSPS) is 15.4. The van der Waals surface area contributed by atoms with Crippen LogP contribution in [0.3, 0.4) is 0 Å². The molecule has 0 aliphatic heterocycles. The summed E-state index contributed by atoms with van der Waals surface area (Å²) in [5.41, 5.74) is 1.52. The lowest BCUT2D eigenvalue weighted by Gasteiger charge is -2.30. The Hall–Kier alpha value is -0.890. The maximum Gasteiger partial charge on any atom is 0.123 e. The molecule has 0 aliphatic carbocycles. The van der Waals surface area contributed by atoms with Crippen molar-refractivity contribution in [2.75, 3.05) is 7.05 Å². The molecule has 0 aliphatic rings. The van der Waals surface area contributed by atoms with Gasteiger partial charge >= 0.3 is 0 Å². The lowest BCUT2D eigenvalue weighted by Crippen LogP contribution is -2.33. The molecule has 1 nitrogen and oxygen atoms in total. The summed E-state index contributed by atoms with van der Waals surface area (Å²) in [4.78, 5) is 0. The number of hydrogen-bond acceptors (Lipinski definition) is 1. The highest BCUT2D eigenvalue weighted by atomic mass is 19.1. The molecule has 0 fully saturated rings. The first-order valence-corrected chi connectivity index (χ1v) is 6.74. The fourth-order valence-corrected chi connectivity index (χ4v) is 1.99. The minimum atomic E-state index is -0.164. The fraction of sp³-hybridized carbons (Fsp3) is 0.625. The van der Waals surface area contributed by atoms with Crippen LogP contribution < -0.4 is 5.32 Å². The molecule has 0 saturated heterocycles. The Bertz CT molecular complexity index is 350. The van der Waals surface area contributed by atoms with Gasteiger partial charge in [-0.05, 0) is 48.9 Å². The van der Waals surface area contributed by atoms with Crippen LogP contribution in [0, 0.1) is 17.2 Å². The summed E-state index contributed by atoms with van der Waals surface area (Å²) in [6, 6.07) is 7.28. The maximum atomic E-state index is 12.9. The van der Waals surface area contributed by atoms with Gasteiger partial charge in [0.1, 0.15) is 5.82 Å². The minimum absolute atomic E-state index is 0.164. The van der Waals surface area contributed by atoms with Gasteiger partial charge in [0.15, 0.2) is 0 Å². The van der Waals surface area contributed by atoms with E-state index in [4.69, 9.17) is 0 Å². The van der Waals surface area contributed by atoms with E-state index in [-0.39, 0.29) is 5.82 Å². The zero-order chi connectivity index (χ0) is 13.8. The molecule has 1 N–H and O–H groups in total. The maximum absolute atomic E-state index is 12.9. The van der Waals surface area contributed by atoms with Gasteiger partial charge in [0.25, 0.3) is 0 Å². The van der Waals surface area contributed by atoms with Crippen molar-refractivity contribution in [2.45, 2.75) is 46.6 Å². The molecule has 102 valence electrons. The summed E-state index contributed by atoms with van der Waals surface area (Å²) in [5.74, 6) is 0.484. The van der Waals surface area contributed by atoms with Crippen LogP contribution in [0.25, 0.3) is 0 Å². The third kappa shape index (κ3) is 4.77. The fourth-order valence-electron chi connectivity index (χ4n) is 1.99. The van der Waals surface area contributed by atoms with E-state index >= 15 is 0 Å². The molecule has 1 aromatic carbocycles. The van der Waals surface area contributed by atoms with E-state index in [1.165, 1.54) is 17.7 Å². The molecule has 0 heterocycles. The van der Waals surface area contributed by atoms with Gasteiger partial charge in [-0.15, -0.1) is 0 Å². The number of nitrogens with one attached hydrogen (secondary N) is 1. The molecule has 2 heteroatoms. The van der Waals surface area contributed by atoms with Gasteiger partial charge in [0.2, 0.25) is 0 Å². The molecule has 1 rings (SSSR count). The Morgan fingerprint density at radius 1 is 1.17 bits per heavy atom. The van der Waals surface area contributed by atoms with E-state index in [1.807, 2.05) is 19.2 Å². The molecule has 2 atom stereocenters. The number of rotatable bonds is 5. The smallest absolute Gasteiger partial charge is 0.123 e. The number of hydrogen-bond donors (Lipinski definition) is 1. The largest absolute Gasteiger partial charge is 0.317 e. The topological polar surface area (TPSA) is 12.0 Å². The molecule has 2 unspecified atom stereocenters. The molecule has 0 spiro atoms. The zero-order valence-corrected chi connectivity index (χ0v) is 12.3. The molecular formula is C16H26FN. The SMILES string of the molecule is CNC(Cc1ccc(F)cc1)CC(C)C(C)(C)C. The predicted octanol–water partition coefficient (Wildman–Crippen LogP) is 4.03. The lowest BCUT2D eigenvalue weighted by molar-refractivity contribution is 0.225. The van der Waals surface area contributed by atoms with Gasteiger partial charge < -0.3 is 5.32 Å². The van der Waals surface area contributed by atoms with Crippen molar-refractivity contribution in [2.24, 2.45) is 11.3 Å². The average Bonchev–Trinajstić information content (AvgIpc) is 2.29. The lowest BCUT2D eigenvalue weighted by atomic mass is 9.78. The second-order valence-corrected chi connectivity index (χ2v) is 6.32. The summed E-state index contributed by atoms with van der Waals surface area (Å²) in [7, 11) is 2.00. The van der Waals surface area contributed by atoms with Crippen LogP contribution in [0.4, 0.5) is 4.39 Å². The van der Waals surface area contributed by atoms with E-state index in [2.05, 4.69) is 33.0 Å². The predicted molar refractivity (Wildman–Crippen MR) is 76.2 cm³/mol. The Morgan fingerprint density at radius 3 is 2.17 bits per heavy atom. The summed E-state index contributed by atoms with van der Waals surface area (Å²) in [6.45, 7) is 9.14. The van der Waals surface area contributed by atoms with Gasteiger partial charge in [-0.25, -0.2) is 4.39 Å². The van der Waals surface area contributed by atoms with E-state index in [0.29, 0.717) is 17.4 Å². The standard InChI is InChI=1S/C16H26FN/c1-12(16(2,3)4)10-15(18-5)11-13-6-8-14(17)9-7-13/h6-9,12,15,18H,10-11H2,1-5H3. The van der Waals surface area contributed by atoms with Gasteiger partial charge in [-0.2, -0.15) is 0 Å². The van der Waals surface area contributed by atoms with Crippen molar-refractivity contribution < 1.29 is 4.39 Å². The Morgan fingerprint density at radius 2 is 1.72 bits per heavy atom. The van der Waals surface area contributed by atoms with E-state index in [9.17, 15) is 4.39 Å². The van der Waals surface area contributed by atoms with Gasteiger partial charge in [0, 0.05) is 6.04 Å². The average molecular weight is 251 g/mol. The summed E-state index contributed by atoms with van der Waals surface area (Å²) < 4.78 is 12.9. The molecular weight excluding hydrogens is 225 g/mol. The first-order valence-electron chi connectivity index (χ1n) is 6.74. The molecule has 0 radical (unpaired) electrons. The summed E-state index contributed by atoms with van der Waals surface area (Å²) >= 11 is 0. The van der Waals surface area contributed by atoms with Crippen molar-refractivity contribution in [3.8, 4) is 0 Å². The Labute approximate surface area is 111 Å². The van der Waals surface area contributed by atoms with Gasteiger partial charge in [-0.3, -0.25) is 0 Å². The molecule has 0 saturated carbocycles. The van der Waals surface area contributed by atoms with Crippen molar-refractivity contribution in [3.63, 3.8) is 0 Å². The van der Waals surface area contributed by atoms with E-state index in [0.717, 1.165) is 12.8 Å². The van der Waals surface area contributed by atoms with Gasteiger partial charge in [0.05, 0.1) is 0 Å². The van der Waals surface area contributed by atoms with Crippen LogP contribution in [0.5, 0.6) is 0 Å². The Balaban J connectivity index is 2.59. The summed E-state index contributed by atoms with van der Waals surface area (Å²) in [6.07, 6.45) is 2.09. The first kappa shape index (κ1) is 15.2. The highest BCUT2D eigenvalue weighted by Crippen LogP contribution is 2.29. The van der Waals surface area contributed by atoms with Crippen LogP contribution in [0.2, 0.25) is 0 Å². The molecule has 0 bridgehead atoms. The molecule has 18 heavy (non-hydrogen) atoms. The number of halogens is 1. The first-order chi connectivity index (χ1) is 8.32. The Kier molecular flexibility index (Phi) is 5.33. The monoisotopic (exact) mass is 251 g/mol. The van der Waals surface area contributed by atoms with Crippen LogP contribution in [0.1, 0.15) is 39.7 Å². The third-order valence-electron chi connectivity index (χ3n) is 3.92. The van der Waals surface area contributed by atoms with Crippen molar-refractivity contribution >= 4 is 0 Å². The second-order valence-electron chi connectivity index (χ2n) is 6.32.